The second kappa shape index (κ2) is 7.38. The van der Waals surface area contributed by atoms with Gasteiger partial charge in [-0.1, -0.05) is 6.92 Å². The van der Waals surface area contributed by atoms with Crippen LogP contribution in [0.5, 0.6) is 0 Å². The fourth-order valence-corrected chi connectivity index (χ4v) is 2.59. The van der Waals surface area contributed by atoms with E-state index in [9.17, 15) is 4.79 Å². The number of pyridine rings is 1. The molecule has 0 saturated carbocycles. The van der Waals surface area contributed by atoms with Crippen LogP contribution in [0.4, 0.5) is 5.82 Å². The number of likely N-dealkylation sites (tertiary alicyclic amines) is 1. The third kappa shape index (κ3) is 4.15. The van der Waals surface area contributed by atoms with Gasteiger partial charge in [0, 0.05) is 31.4 Å². The predicted molar refractivity (Wildman–Crippen MR) is 84.1 cm³/mol. The van der Waals surface area contributed by atoms with Gasteiger partial charge < -0.3 is 15.2 Å². The number of hydrogen-bond donors (Lipinski definition) is 2. The van der Waals surface area contributed by atoms with Crippen LogP contribution in [-0.4, -0.2) is 53.9 Å². The molecule has 0 aliphatic carbocycles. The molecule has 1 fully saturated rings. The maximum Gasteiger partial charge on any atom is 0.253 e. The maximum absolute atomic E-state index is 12.5. The number of nitrogen functional groups attached to an aromatic ring is 1. The van der Waals surface area contributed by atoms with Gasteiger partial charge in [-0.25, -0.2) is 10.8 Å². The summed E-state index contributed by atoms with van der Waals surface area (Å²) in [4.78, 5) is 21.0. The fraction of sp³-hybridized carbons (Fsp3) is 0.600. The predicted octanol–water partition coefficient (Wildman–Crippen LogP) is 1.10. The quantitative estimate of drug-likeness (QED) is 0.606. The van der Waals surface area contributed by atoms with E-state index in [0.717, 1.165) is 38.3 Å². The normalized spacial score (nSPS) is 15.2. The van der Waals surface area contributed by atoms with Gasteiger partial charge in [-0.3, -0.25) is 4.79 Å². The first-order valence-electron chi connectivity index (χ1n) is 7.59. The zero-order valence-electron chi connectivity index (χ0n) is 12.9. The molecule has 6 heteroatoms. The highest BCUT2D eigenvalue weighted by molar-refractivity contribution is 5.94. The first-order chi connectivity index (χ1) is 10.1. The van der Waals surface area contributed by atoms with Crippen LogP contribution in [0, 0.1) is 0 Å². The van der Waals surface area contributed by atoms with Crippen LogP contribution in [0.2, 0.25) is 0 Å². The molecular weight excluding hydrogens is 266 g/mol. The molecule has 0 unspecified atom stereocenters. The SMILES string of the molecule is CCc1cc(C(=O)N(C)CCN2CCCC2)cc(NN)n1. The van der Waals surface area contributed by atoms with Crippen LogP contribution in [0.15, 0.2) is 12.1 Å². The lowest BCUT2D eigenvalue weighted by Gasteiger charge is -2.22. The Labute approximate surface area is 126 Å². The van der Waals surface area contributed by atoms with Gasteiger partial charge in [0.2, 0.25) is 0 Å². The van der Waals surface area contributed by atoms with E-state index in [1.807, 2.05) is 20.0 Å². The molecule has 0 atom stereocenters. The average Bonchev–Trinajstić information content (AvgIpc) is 3.04. The van der Waals surface area contributed by atoms with Crippen molar-refractivity contribution < 1.29 is 4.79 Å². The highest BCUT2D eigenvalue weighted by atomic mass is 16.2. The summed E-state index contributed by atoms with van der Waals surface area (Å²) in [5.74, 6) is 5.97. The van der Waals surface area contributed by atoms with Crippen molar-refractivity contribution in [2.24, 2.45) is 5.84 Å². The molecule has 0 bridgehead atoms. The van der Waals surface area contributed by atoms with E-state index in [1.165, 1.54) is 12.8 Å². The van der Waals surface area contributed by atoms with E-state index in [4.69, 9.17) is 5.84 Å². The number of aryl methyl sites for hydroxylation is 1. The highest BCUT2D eigenvalue weighted by Crippen LogP contribution is 2.13. The van der Waals surface area contributed by atoms with E-state index in [-0.39, 0.29) is 5.91 Å². The van der Waals surface area contributed by atoms with Gasteiger partial charge in [-0.05, 0) is 44.5 Å². The van der Waals surface area contributed by atoms with Gasteiger partial charge >= 0.3 is 0 Å². The number of nitrogens with one attached hydrogen (secondary N) is 1. The Balaban J connectivity index is 2.00. The van der Waals surface area contributed by atoms with Crippen molar-refractivity contribution in [2.75, 3.05) is 38.7 Å². The summed E-state index contributed by atoms with van der Waals surface area (Å²) in [5.41, 5.74) is 4.02. The monoisotopic (exact) mass is 291 g/mol. The van der Waals surface area contributed by atoms with Crippen LogP contribution in [-0.2, 0) is 6.42 Å². The molecule has 21 heavy (non-hydrogen) atoms. The maximum atomic E-state index is 12.5. The number of nitrogens with two attached hydrogens (primary N) is 1. The molecule has 1 aliphatic rings. The van der Waals surface area contributed by atoms with Crippen molar-refractivity contribution in [3.8, 4) is 0 Å². The van der Waals surface area contributed by atoms with Crippen molar-refractivity contribution in [1.29, 1.82) is 0 Å². The molecule has 0 spiro atoms. The van der Waals surface area contributed by atoms with E-state index in [0.29, 0.717) is 11.4 Å². The summed E-state index contributed by atoms with van der Waals surface area (Å²) in [7, 11) is 1.85. The molecule has 1 aromatic heterocycles. The lowest BCUT2D eigenvalue weighted by molar-refractivity contribution is 0.0782. The zero-order valence-corrected chi connectivity index (χ0v) is 12.9. The van der Waals surface area contributed by atoms with Gasteiger partial charge in [-0.15, -0.1) is 0 Å². The molecule has 0 radical (unpaired) electrons. The summed E-state index contributed by atoms with van der Waals surface area (Å²) in [6.07, 6.45) is 3.31. The summed E-state index contributed by atoms with van der Waals surface area (Å²) in [6.45, 7) is 5.99. The summed E-state index contributed by atoms with van der Waals surface area (Å²) in [5, 5.41) is 0. The summed E-state index contributed by atoms with van der Waals surface area (Å²) < 4.78 is 0. The Bertz CT molecular complexity index is 463. The van der Waals surface area contributed by atoms with Gasteiger partial charge in [0.25, 0.3) is 5.91 Å². The molecule has 1 aromatic rings. The van der Waals surface area contributed by atoms with E-state index < -0.39 is 0 Å². The first kappa shape index (κ1) is 15.7. The van der Waals surface area contributed by atoms with Crippen molar-refractivity contribution in [3.05, 3.63) is 23.4 Å². The van der Waals surface area contributed by atoms with E-state index in [2.05, 4.69) is 15.3 Å². The standard InChI is InChI=1S/C15H25N5O/c1-3-13-10-12(11-14(17-13)18-16)15(21)19(2)8-9-20-6-4-5-7-20/h10-11H,3-9,16H2,1-2H3,(H,17,18). The summed E-state index contributed by atoms with van der Waals surface area (Å²) in [6, 6.07) is 3.55. The Hall–Kier alpha value is -1.66. The number of anilines is 1. The minimum absolute atomic E-state index is 0.0165. The van der Waals surface area contributed by atoms with Crippen LogP contribution in [0.1, 0.15) is 35.8 Å². The molecule has 0 aromatic carbocycles. The lowest BCUT2D eigenvalue weighted by atomic mass is 10.1. The first-order valence-corrected chi connectivity index (χ1v) is 7.59. The number of likely N-dealkylation sites (N-methyl/N-ethyl adjacent to an activating group) is 1. The van der Waals surface area contributed by atoms with Crippen LogP contribution in [0.3, 0.4) is 0 Å². The van der Waals surface area contributed by atoms with Crippen LogP contribution >= 0.6 is 0 Å². The molecule has 2 rings (SSSR count). The number of hydrogen-bond acceptors (Lipinski definition) is 5. The average molecular weight is 291 g/mol. The lowest BCUT2D eigenvalue weighted by Crippen LogP contribution is -2.35. The number of carbonyl (C=O) groups is 1. The number of rotatable bonds is 6. The van der Waals surface area contributed by atoms with Gasteiger partial charge in [0.05, 0.1) is 0 Å². The minimum atomic E-state index is 0.0165. The van der Waals surface area contributed by atoms with Crippen LogP contribution in [0.25, 0.3) is 0 Å². The Morgan fingerprint density at radius 2 is 2.14 bits per heavy atom. The van der Waals surface area contributed by atoms with Crippen molar-refractivity contribution in [1.82, 2.24) is 14.8 Å². The second-order valence-electron chi connectivity index (χ2n) is 5.51. The number of aromatic nitrogens is 1. The minimum Gasteiger partial charge on any atom is -0.340 e. The number of nitrogens with zero attached hydrogens (tertiary/aromatic N) is 3. The fourth-order valence-electron chi connectivity index (χ4n) is 2.59. The molecule has 2 heterocycles. The third-order valence-electron chi connectivity index (χ3n) is 3.93. The molecule has 6 nitrogen and oxygen atoms in total. The Morgan fingerprint density at radius 3 is 2.76 bits per heavy atom. The molecular formula is C15H25N5O. The molecule has 1 amide bonds. The second-order valence-corrected chi connectivity index (χ2v) is 5.51. The molecule has 116 valence electrons. The molecule has 1 aliphatic heterocycles. The highest BCUT2D eigenvalue weighted by Gasteiger charge is 2.16. The van der Waals surface area contributed by atoms with E-state index in [1.54, 1.807) is 11.0 Å². The number of hydrazine groups is 1. The zero-order chi connectivity index (χ0) is 15.2. The van der Waals surface area contributed by atoms with Crippen molar-refractivity contribution in [3.63, 3.8) is 0 Å². The van der Waals surface area contributed by atoms with Gasteiger partial charge in [0.1, 0.15) is 5.82 Å². The topological polar surface area (TPSA) is 74.5 Å². The van der Waals surface area contributed by atoms with Gasteiger partial charge in [0.15, 0.2) is 0 Å². The van der Waals surface area contributed by atoms with Crippen molar-refractivity contribution in [2.45, 2.75) is 26.2 Å². The smallest absolute Gasteiger partial charge is 0.253 e. The molecule has 3 N–H and O–H groups in total. The Kier molecular flexibility index (Phi) is 5.52. The van der Waals surface area contributed by atoms with Gasteiger partial charge in [-0.2, -0.15) is 0 Å². The van der Waals surface area contributed by atoms with Crippen LogP contribution < -0.4 is 11.3 Å². The van der Waals surface area contributed by atoms with Crippen molar-refractivity contribution >= 4 is 11.7 Å². The largest absolute Gasteiger partial charge is 0.340 e. The number of amides is 1. The molecule has 1 saturated heterocycles. The van der Waals surface area contributed by atoms with E-state index >= 15 is 0 Å². The Morgan fingerprint density at radius 1 is 1.43 bits per heavy atom. The third-order valence-corrected chi connectivity index (χ3v) is 3.93. The summed E-state index contributed by atoms with van der Waals surface area (Å²) >= 11 is 0. The number of carbonyl (C=O) groups excluding carboxylic acids is 1.